The van der Waals surface area contributed by atoms with E-state index in [1.807, 2.05) is 49.4 Å². The second-order valence-corrected chi connectivity index (χ2v) is 8.85. The fourth-order valence-electron chi connectivity index (χ4n) is 3.69. The summed E-state index contributed by atoms with van der Waals surface area (Å²) in [6, 6.07) is 23.5. The van der Waals surface area contributed by atoms with E-state index in [1.165, 1.54) is 18.2 Å². The quantitative estimate of drug-likeness (QED) is 0.159. The zero-order valence-electron chi connectivity index (χ0n) is 18.6. The van der Waals surface area contributed by atoms with Crippen molar-refractivity contribution in [2.45, 2.75) is 6.92 Å². The molecule has 5 rings (SSSR count). The molecule has 8 heteroatoms. The van der Waals surface area contributed by atoms with E-state index < -0.39 is 4.92 Å². The van der Waals surface area contributed by atoms with Crippen molar-refractivity contribution in [1.82, 2.24) is 4.98 Å². The van der Waals surface area contributed by atoms with Crippen LogP contribution in [0.25, 0.3) is 38.2 Å². The third-order valence-corrected chi connectivity index (χ3v) is 6.50. The first-order valence-electron chi connectivity index (χ1n) is 10.8. The Kier molecular flexibility index (Phi) is 5.95. The summed E-state index contributed by atoms with van der Waals surface area (Å²) in [6.45, 7) is 1.93. The van der Waals surface area contributed by atoms with Crippen LogP contribution < -0.4 is 5.32 Å². The standard InChI is InChI=1S/C27H19N3O4S/c1-17-16-18(27-29-22-7-3-5-9-25(22)35-27)10-13-21(17)28-26(31)15-12-19-11-14-24(34-19)20-6-2-4-8-23(20)30(32)33/h2-16H,1H3,(H,28,31)/b15-12+. The van der Waals surface area contributed by atoms with Gasteiger partial charge in [0.05, 0.1) is 20.7 Å². The fraction of sp³-hybridized carbons (Fsp3) is 0.0370. The maximum Gasteiger partial charge on any atom is 0.280 e. The van der Waals surface area contributed by atoms with Gasteiger partial charge in [-0.1, -0.05) is 24.3 Å². The number of aromatic nitrogens is 1. The molecule has 0 fully saturated rings. The number of rotatable bonds is 6. The second-order valence-electron chi connectivity index (χ2n) is 7.82. The highest BCUT2D eigenvalue weighted by Gasteiger charge is 2.17. The fourth-order valence-corrected chi connectivity index (χ4v) is 4.66. The summed E-state index contributed by atoms with van der Waals surface area (Å²) in [4.78, 5) is 28.0. The Bertz CT molecular complexity index is 1570. The topological polar surface area (TPSA) is 98.3 Å². The number of nitrogens with one attached hydrogen (secondary N) is 1. The lowest BCUT2D eigenvalue weighted by Crippen LogP contribution is -2.08. The first-order chi connectivity index (χ1) is 17.0. The summed E-state index contributed by atoms with van der Waals surface area (Å²) in [6.07, 6.45) is 2.89. The number of nitrogens with zero attached hydrogens (tertiary/aromatic N) is 2. The lowest BCUT2D eigenvalue weighted by atomic mass is 10.1. The molecule has 0 aliphatic heterocycles. The first-order valence-corrected chi connectivity index (χ1v) is 11.6. The lowest BCUT2D eigenvalue weighted by Gasteiger charge is -2.07. The third kappa shape index (κ3) is 4.73. The minimum absolute atomic E-state index is 0.0418. The number of carbonyl (C=O) groups is 1. The predicted octanol–water partition coefficient (Wildman–Crippen LogP) is 7.09. The zero-order chi connectivity index (χ0) is 24.4. The van der Waals surface area contributed by atoms with E-state index in [2.05, 4.69) is 10.3 Å². The molecular weight excluding hydrogens is 462 g/mol. The minimum atomic E-state index is -0.453. The number of furan rings is 1. The molecule has 1 N–H and O–H groups in total. The average Bonchev–Trinajstić information content (AvgIpc) is 3.51. The summed E-state index contributed by atoms with van der Waals surface area (Å²) in [7, 11) is 0. The molecule has 2 heterocycles. The van der Waals surface area contributed by atoms with E-state index in [9.17, 15) is 14.9 Å². The molecule has 2 aromatic heterocycles. The molecule has 0 atom stereocenters. The number of aryl methyl sites for hydroxylation is 1. The van der Waals surface area contributed by atoms with Gasteiger partial charge in [0.25, 0.3) is 5.69 Å². The smallest absolute Gasteiger partial charge is 0.280 e. The summed E-state index contributed by atoms with van der Waals surface area (Å²) < 4.78 is 6.83. The van der Waals surface area contributed by atoms with Crippen LogP contribution in [0.2, 0.25) is 0 Å². The van der Waals surface area contributed by atoms with Gasteiger partial charge >= 0.3 is 0 Å². The van der Waals surface area contributed by atoms with E-state index in [4.69, 9.17) is 4.42 Å². The number of thiazole rings is 1. The van der Waals surface area contributed by atoms with E-state index in [1.54, 1.807) is 41.7 Å². The number of para-hydroxylation sites is 2. The van der Waals surface area contributed by atoms with Gasteiger partial charge < -0.3 is 9.73 Å². The normalized spacial score (nSPS) is 11.2. The van der Waals surface area contributed by atoms with Crippen molar-refractivity contribution in [3.05, 3.63) is 106 Å². The molecule has 0 radical (unpaired) electrons. The number of benzene rings is 3. The molecule has 0 saturated carbocycles. The van der Waals surface area contributed by atoms with E-state index in [0.717, 1.165) is 26.4 Å². The van der Waals surface area contributed by atoms with Crippen LogP contribution in [-0.2, 0) is 4.79 Å². The number of hydrogen-bond acceptors (Lipinski definition) is 6. The summed E-state index contributed by atoms with van der Waals surface area (Å²) in [5.74, 6) is 0.458. The van der Waals surface area contributed by atoms with E-state index >= 15 is 0 Å². The van der Waals surface area contributed by atoms with Gasteiger partial charge in [-0.2, -0.15) is 0 Å². The largest absolute Gasteiger partial charge is 0.456 e. The SMILES string of the molecule is Cc1cc(-c2nc3ccccc3s2)ccc1NC(=O)/C=C/c1ccc(-c2ccccc2[N+](=O)[O-])o1. The number of anilines is 1. The van der Waals surface area contributed by atoms with Gasteiger partial charge in [0.1, 0.15) is 16.5 Å². The van der Waals surface area contributed by atoms with Crippen LogP contribution in [0, 0.1) is 17.0 Å². The molecule has 1 amide bonds. The Labute approximate surface area is 204 Å². The van der Waals surface area contributed by atoms with Gasteiger partial charge in [0, 0.05) is 23.4 Å². The predicted molar refractivity (Wildman–Crippen MR) is 138 cm³/mol. The monoisotopic (exact) mass is 481 g/mol. The number of nitro benzene ring substituents is 1. The highest BCUT2D eigenvalue weighted by Crippen LogP contribution is 2.33. The van der Waals surface area contributed by atoms with Crippen molar-refractivity contribution in [3.63, 3.8) is 0 Å². The number of carbonyl (C=O) groups excluding carboxylic acids is 1. The summed E-state index contributed by atoms with van der Waals surface area (Å²) in [5, 5.41) is 15.1. The molecule has 3 aromatic carbocycles. The van der Waals surface area contributed by atoms with Gasteiger partial charge in [-0.15, -0.1) is 11.3 Å². The van der Waals surface area contributed by atoms with Crippen LogP contribution in [0.5, 0.6) is 0 Å². The van der Waals surface area contributed by atoms with Crippen molar-refractivity contribution in [2.75, 3.05) is 5.32 Å². The average molecular weight is 482 g/mol. The molecule has 0 saturated heterocycles. The summed E-state index contributed by atoms with van der Waals surface area (Å²) in [5.41, 5.74) is 3.92. The molecule has 0 bridgehead atoms. The minimum Gasteiger partial charge on any atom is -0.456 e. The number of amides is 1. The van der Waals surface area contributed by atoms with Gasteiger partial charge in [-0.3, -0.25) is 14.9 Å². The molecule has 0 unspecified atom stereocenters. The molecular formula is C27H19N3O4S. The van der Waals surface area contributed by atoms with Crippen molar-refractivity contribution < 1.29 is 14.1 Å². The van der Waals surface area contributed by atoms with Gasteiger partial charge in [0.15, 0.2) is 0 Å². The van der Waals surface area contributed by atoms with Crippen LogP contribution in [0.3, 0.4) is 0 Å². The highest BCUT2D eigenvalue weighted by molar-refractivity contribution is 7.21. The second kappa shape index (κ2) is 9.36. The molecule has 0 aliphatic rings. The Hall–Kier alpha value is -4.56. The maximum atomic E-state index is 12.5. The van der Waals surface area contributed by atoms with Crippen LogP contribution >= 0.6 is 11.3 Å². The Morgan fingerprint density at radius 1 is 1.06 bits per heavy atom. The molecule has 35 heavy (non-hydrogen) atoms. The van der Waals surface area contributed by atoms with E-state index in [0.29, 0.717) is 22.8 Å². The Morgan fingerprint density at radius 3 is 2.66 bits per heavy atom. The van der Waals surface area contributed by atoms with Crippen LogP contribution in [0.1, 0.15) is 11.3 Å². The number of nitro groups is 1. The Morgan fingerprint density at radius 2 is 1.86 bits per heavy atom. The third-order valence-electron chi connectivity index (χ3n) is 5.42. The van der Waals surface area contributed by atoms with Gasteiger partial charge in [-0.05, 0) is 67.1 Å². The molecule has 5 aromatic rings. The number of fused-ring (bicyclic) bond motifs is 1. The van der Waals surface area contributed by atoms with Crippen LogP contribution in [0.15, 0.2) is 89.4 Å². The van der Waals surface area contributed by atoms with Crippen molar-refractivity contribution in [2.24, 2.45) is 0 Å². The molecule has 172 valence electrons. The highest BCUT2D eigenvalue weighted by atomic mass is 32.1. The molecule has 7 nitrogen and oxygen atoms in total. The Balaban J connectivity index is 1.28. The van der Waals surface area contributed by atoms with Crippen LogP contribution in [0.4, 0.5) is 11.4 Å². The lowest BCUT2D eigenvalue weighted by molar-refractivity contribution is -0.384. The van der Waals surface area contributed by atoms with Crippen LogP contribution in [-0.4, -0.2) is 15.8 Å². The molecule has 0 spiro atoms. The zero-order valence-corrected chi connectivity index (χ0v) is 19.4. The van der Waals surface area contributed by atoms with Gasteiger partial charge in [-0.25, -0.2) is 4.98 Å². The molecule has 0 aliphatic carbocycles. The van der Waals surface area contributed by atoms with Crippen molar-refractivity contribution in [3.8, 4) is 21.9 Å². The number of hydrogen-bond donors (Lipinski definition) is 1. The van der Waals surface area contributed by atoms with Gasteiger partial charge in [0.2, 0.25) is 5.91 Å². The maximum absolute atomic E-state index is 12.5. The summed E-state index contributed by atoms with van der Waals surface area (Å²) >= 11 is 1.63. The first kappa shape index (κ1) is 22.2. The van der Waals surface area contributed by atoms with Crippen molar-refractivity contribution >= 4 is 44.9 Å². The van der Waals surface area contributed by atoms with E-state index in [-0.39, 0.29) is 11.6 Å². The van der Waals surface area contributed by atoms with Crippen molar-refractivity contribution in [1.29, 1.82) is 0 Å².